The Balaban J connectivity index is 1.40. The second kappa shape index (κ2) is 6.65. The van der Waals surface area contributed by atoms with Gasteiger partial charge in [0.1, 0.15) is 0 Å². The minimum Gasteiger partial charge on any atom is -0.381 e. The number of aromatic nitrogens is 2. The quantitative estimate of drug-likeness (QED) is 0.765. The van der Waals surface area contributed by atoms with Gasteiger partial charge < -0.3 is 5.32 Å². The van der Waals surface area contributed by atoms with Crippen molar-refractivity contribution in [3.05, 3.63) is 59.8 Å². The van der Waals surface area contributed by atoms with Crippen LogP contribution in [0.25, 0.3) is 10.9 Å². The van der Waals surface area contributed by atoms with Crippen LogP contribution in [-0.2, 0) is 6.54 Å². The van der Waals surface area contributed by atoms with Crippen LogP contribution in [-0.4, -0.2) is 34.2 Å². The Morgan fingerprint density at radius 1 is 1.25 bits per heavy atom. The third-order valence-electron chi connectivity index (χ3n) is 4.81. The molecule has 0 aliphatic carbocycles. The molecule has 0 saturated carbocycles. The van der Waals surface area contributed by atoms with Crippen LogP contribution < -0.4 is 5.32 Å². The van der Waals surface area contributed by atoms with E-state index in [-0.39, 0.29) is 0 Å². The first kappa shape index (κ1) is 15.2. The maximum Gasteiger partial charge on any atom is 0.0651 e. The molecule has 1 fully saturated rings. The fourth-order valence-electron chi connectivity index (χ4n) is 3.65. The van der Waals surface area contributed by atoms with Crippen LogP contribution in [0.4, 0.5) is 5.69 Å². The first-order valence-corrected chi connectivity index (χ1v) is 8.74. The van der Waals surface area contributed by atoms with Gasteiger partial charge in [-0.2, -0.15) is 5.10 Å². The SMILES string of the molecule is Cc1cccc(CN2CCC[C@@H](Nc3ccc4[nH]ncc4c3)C2)c1. The largest absolute Gasteiger partial charge is 0.381 e. The normalized spacial score (nSPS) is 18.8. The number of rotatable bonds is 4. The van der Waals surface area contributed by atoms with Gasteiger partial charge in [-0.15, -0.1) is 0 Å². The molecule has 1 aliphatic rings. The smallest absolute Gasteiger partial charge is 0.0651 e. The summed E-state index contributed by atoms with van der Waals surface area (Å²) in [6, 6.07) is 15.8. The van der Waals surface area contributed by atoms with Crippen molar-refractivity contribution in [2.24, 2.45) is 0 Å². The fraction of sp³-hybridized carbons (Fsp3) is 0.350. The molecule has 0 radical (unpaired) electrons. The van der Waals surface area contributed by atoms with Crippen LogP contribution >= 0.6 is 0 Å². The van der Waals surface area contributed by atoms with Gasteiger partial charge in [0.05, 0.1) is 11.7 Å². The zero-order valence-corrected chi connectivity index (χ0v) is 14.1. The molecule has 24 heavy (non-hydrogen) atoms. The summed E-state index contributed by atoms with van der Waals surface area (Å²) in [6.45, 7) is 5.49. The number of nitrogens with one attached hydrogen (secondary N) is 2. The number of anilines is 1. The number of likely N-dealkylation sites (tertiary alicyclic amines) is 1. The number of hydrogen-bond donors (Lipinski definition) is 2. The minimum absolute atomic E-state index is 0.507. The molecular formula is C20H24N4. The number of piperidine rings is 1. The molecule has 0 unspecified atom stereocenters. The van der Waals surface area contributed by atoms with Gasteiger partial charge >= 0.3 is 0 Å². The van der Waals surface area contributed by atoms with Crippen LogP contribution in [0.15, 0.2) is 48.7 Å². The van der Waals surface area contributed by atoms with Gasteiger partial charge in [-0.1, -0.05) is 29.8 Å². The third kappa shape index (κ3) is 3.44. The Labute approximate surface area is 142 Å². The molecule has 0 amide bonds. The highest BCUT2D eigenvalue weighted by atomic mass is 15.2. The van der Waals surface area contributed by atoms with E-state index in [0.29, 0.717) is 6.04 Å². The number of H-pyrrole nitrogens is 1. The summed E-state index contributed by atoms with van der Waals surface area (Å²) in [7, 11) is 0. The average Bonchev–Trinajstić information content (AvgIpc) is 3.03. The lowest BCUT2D eigenvalue weighted by molar-refractivity contribution is 0.208. The van der Waals surface area contributed by atoms with E-state index in [4.69, 9.17) is 0 Å². The summed E-state index contributed by atoms with van der Waals surface area (Å²) in [4.78, 5) is 2.56. The molecule has 1 aromatic heterocycles. The number of nitrogens with zero attached hydrogens (tertiary/aromatic N) is 2. The maximum absolute atomic E-state index is 4.09. The fourth-order valence-corrected chi connectivity index (χ4v) is 3.65. The van der Waals surface area contributed by atoms with Gasteiger partial charge in [-0.05, 0) is 50.1 Å². The summed E-state index contributed by atoms with van der Waals surface area (Å²) >= 11 is 0. The first-order valence-electron chi connectivity index (χ1n) is 8.74. The van der Waals surface area contributed by atoms with Crippen molar-refractivity contribution in [1.82, 2.24) is 15.1 Å². The zero-order chi connectivity index (χ0) is 16.4. The highest BCUT2D eigenvalue weighted by Crippen LogP contribution is 2.21. The first-order chi connectivity index (χ1) is 11.8. The Morgan fingerprint density at radius 2 is 2.21 bits per heavy atom. The minimum atomic E-state index is 0.507. The molecule has 1 aliphatic heterocycles. The van der Waals surface area contributed by atoms with Crippen molar-refractivity contribution in [1.29, 1.82) is 0 Å². The van der Waals surface area contributed by atoms with Crippen LogP contribution in [0, 0.1) is 6.92 Å². The van der Waals surface area contributed by atoms with Crippen molar-refractivity contribution in [3.63, 3.8) is 0 Å². The van der Waals surface area contributed by atoms with E-state index < -0.39 is 0 Å². The predicted octanol–water partition coefficient (Wildman–Crippen LogP) is 3.95. The van der Waals surface area contributed by atoms with E-state index in [2.05, 4.69) is 69.8 Å². The van der Waals surface area contributed by atoms with Crippen LogP contribution in [0.2, 0.25) is 0 Å². The Hall–Kier alpha value is -2.33. The standard InChI is InChI=1S/C20H24N4/c1-15-4-2-5-16(10-15)13-24-9-3-6-19(14-24)22-18-7-8-20-17(11-18)12-21-23-20/h2,4-5,7-8,10-12,19,22H,3,6,9,13-14H2,1H3,(H,21,23)/t19-/m1/s1. The van der Waals surface area contributed by atoms with E-state index in [0.717, 1.165) is 24.0 Å². The summed E-state index contributed by atoms with van der Waals surface area (Å²) in [6.07, 6.45) is 4.36. The van der Waals surface area contributed by atoms with Crippen LogP contribution in [0.3, 0.4) is 0 Å². The van der Waals surface area contributed by atoms with Crippen molar-refractivity contribution in [2.45, 2.75) is 32.4 Å². The van der Waals surface area contributed by atoms with Crippen molar-refractivity contribution < 1.29 is 0 Å². The van der Waals surface area contributed by atoms with Gasteiger partial charge in [0.2, 0.25) is 0 Å². The number of aryl methyl sites for hydroxylation is 1. The van der Waals surface area contributed by atoms with E-state index in [1.54, 1.807) is 0 Å². The second-order valence-electron chi connectivity index (χ2n) is 6.88. The van der Waals surface area contributed by atoms with Crippen LogP contribution in [0.5, 0.6) is 0 Å². The molecule has 4 heteroatoms. The molecule has 2 N–H and O–H groups in total. The molecule has 2 aromatic carbocycles. The molecule has 2 heterocycles. The van der Waals surface area contributed by atoms with E-state index in [1.165, 1.54) is 36.2 Å². The lowest BCUT2D eigenvalue weighted by Crippen LogP contribution is -2.41. The zero-order valence-electron chi connectivity index (χ0n) is 14.1. The lowest BCUT2D eigenvalue weighted by atomic mass is 10.0. The topological polar surface area (TPSA) is 44.0 Å². The molecule has 4 rings (SSSR count). The average molecular weight is 320 g/mol. The third-order valence-corrected chi connectivity index (χ3v) is 4.81. The lowest BCUT2D eigenvalue weighted by Gasteiger charge is -2.33. The molecule has 0 spiro atoms. The van der Waals surface area contributed by atoms with E-state index in [1.807, 2.05) is 6.20 Å². The maximum atomic E-state index is 4.09. The van der Waals surface area contributed by atoms with Gasteiger partial charge in [0.15, 0.2) is 0 Å². The molecule has 124 valence electrons. The Morgan fingerprint density at radius 3 is 3.12 bits per heavy atom. The van der Waals surface area contributed by atoms with Crippen molar-refractivity contribution in [2.75, 3.05) is 18.4 Å². The Kier molecular flexibility index (Phi) is 4.22. The highest BCUT2D eigenvalue weighted by molar-refractivity contribution is 5.81. The summed E-state index contributed by atoms with van der Waals surface area (Å²) in [5, 5.41) is 12.0. The number of fused-ring (bicyclic) bond motifs is 1. The van der Waals surface area contributed by atoms with Crippen molar-refractivity contribution >= 4 is 16.6 Å². The monoisotopic (exact) mass is 320 g/mol. The molecular weight excluding hydrogens is 296 g/mol. The van der Waals surface area contributed by atoms with Gasteiger partial charge in [-0.25, -0.2) is 0 Å². The van der Waals surface area contributed by atoms with E-state index in [9.17, 15) is 0 Å². The Bertz CT molecular complexity index is 823. The highest BCUT2D eigenvalue weighted by Gasteiger charge is 2.20. The summed E-state index contributed by atoms with van der Waals surface area (Å²) < 4.78 is 0. The van der Waals surface area contributed by atoms with Gasteiger partial charge in [0, 0.05) is 30.2 Å². The number of hydrogen-bond acceptors (Lipinski definition) is 3. The summed E-state index contributed by atoms with van der Waals surface area (Å²) in [5.74, 6) is 0. The molecule has 4 nitrogen and oxygen atoms in total. The van der Waals surface area contributed by atoms with Crippen molar-refractivity contribution in [3.8, 4) is 0 Å². The van der Waals surface area contributed by atoms with Crippen LogP contribution in [0.1, 0.15) is 24.0 Å². The number of aromatic amines is 1. The molecule has 3 aromatic rings. The summed E-state index contributed by atoms with van der Waals surface area (Å²) in [5.41, 5.74) is 5.03. The molecule has 0 bridgehead atoms. The van der Waals surface area contributed by atoms with E-state index >= 15 is 0 Å². The number of benzene rings is 2. The second-order valence-corrected chi connectivity index (χ2v) is 6.88. The van der Waals surface area contributed by atoms with Gasteiger partial charge in [0.25, 0.3) is 0 Å². The molecule has 1 atom stereocenters. The molecule has 1 saturated heterocycles. The van der Waals surface area contributed by atoms with Gasteiger partial charge in [-0.3, -0.25) is 10.00 Å². The predicted molar refractivity (Wildman–Crippen MR) is 99.2 cm³/mol.